The van der Waals surface area contributed by atoms with Crippen LogP contribution in [0.2, 0.25) is 0 Å². The minimum absolute atomic E-state index is 0.122. The summed E-state index contributed by atoms with van der Waals surface area (Å²) in [5.74, 6) is 1.06. The molecule has 24 heavy (non-hydrogen) atoms. The number of nitrogens with zero attached hydrogens (tertiary/aromatic N) is 3. The van der Waals surface area contributed by atoms with Crippen molar-refractivity contribution in [2.24, 2.45) is 0 Å². The lowest BCUT2D eigenvalue weighted by Gasteiger charge is -2.29. The summed E-state index contributed by atoms with van der Waals surface area (Å²) in [6.45, 7) is 3.87. The molecule has 1 aliphatic carbocycles. The molecule has 6 heteroatoms. The van der Waals surface area contributed by atoms with E-state index >= 15 is 0 Å². The summed E-state index contributed by atoms with van der Waals surface area (Å²) in [5, 5.41) is 13.0. The molecule has 0 amide bonds. The molecule has 1 aromatic carbocycles. The van der Waals surface area contributed by atoms with E-state index < -0.39 is 0 Å². The van der Waals surface area contributed by atoms with Gasteiger partial charge in [-0.2, -0.15) is 0 Å². The predicted molar refractivity (Wildman–Crippen MR) is 95.8 cm³/mol. The van der Waals surface area contributed by atoms with E-state index in [1.54, 1.807) is 6.07 Å². The highest BCUT2D eigenvalue weighted by molar-refractivity contribution is 5.84. The maximum Gasteiger partial charge on any atom is 0.147 e. The minimum Gasteiger partial charge on any atom is -0.506 e. The molecule has 1 aliphatic heterocycles. The van der Waals surface area contributed by atoms with Gasteiger partial charge in [0.2, 0.25) is 0 Å². The molecule has 2 aliphatic rings. The predicted octanol–water partition coefficient (Wildman–Crippen LogP) is 1.66. The van der Waals surface area contributed by atoms with Crippen LogP contribution in [0.3, 0.4) is 0 Å². The fraction of sp³-hybridized carbons (Fsp3) is 0.333. The standard InChI is InChI=1S/C18H21N5O/c19-14-9-12(2-4-17(14)24)13-1-3-15-16(10-13)22-18(11-21-15)23-7-5-20-6-8-23/h2,4,9-11,20,24H,1,3,5-8,19H2. The average Bonchev–Trinajstić information content (AvgIpc) is 2.64. The number of aromatic hydroxyl groups is 1. The summed E-state index contributed by atoms with van der Waals surface area (Å²) in [7, 11) is 0. The number of nitrogens with two attached hydrogens (primary N) is 1. The number of allylic oxidation sites excluding steroid dienone is 1. The van der Waals surface area contributed by atoms with E-state index in [2.05, 4.69) is 21.3 Å². The van der Waals surface area contributed by atoms with Crippen molar-refractivity contribution < 1.29 is 5.11 Å². The molecule has 0 bridgehead atoms. The van der Waals surface area contributed by atoms with Crippen LogP contribution in [0.25, 0.3) is 11.6 Å². The lowest BCUT2D eigenvalue weighted by atomic mass is 9.93. The first-order chi connectivity index (χ1) is 11.7. The number of hydrogen-bond donors (Lipinski definition) is 3. The minimum atomic E-state index is 0.122. The van der Waals surface area contributed by atoms with Gasteiger partial charge in [0.25, 0.3) is 0 Å². The number of fused-ring (bicyclic) bond motifs is 1. The van der Waals surface area contributed by atoms with Gasteiger partial charge in [-0.3, -0.25) is 4.98 Å². The fourth-order valence-corrected chi connectivity index (χ4v) is 3.25. The Bertz CT molecular complexity index is 796. The molecule has 0 spiro atoms. The van der Waals surface area contributed by atoms with Gasteiger partial charge in [-0.25, -0.2) is 4.98 Å². The number of nitrogen functional groups attached to an aromatic ring is 1. The van der Waals surface area contributed by atoms with E-state index in [1.165, 1.54) is 5.57 Å². The first-order valence-corrected chi connectivity index (χ1v) is 8.32. The third kappa shape index (κ3) is 2.80. The molecule has 2 aromatic rings. The molecule has 0 radical (unpaired) electrons. The van der Waals surface area contributed by atoms with E-state index in [4.69, 9.17) is 10.7 Å². The molecular formula is C18H21N5O. The SMILES string of the molecule is Nc1cc(C2=Cc3nc(N4CCNCC4)cnc3CC2)ccc1O. The third-order valence-electron chi connectivity index (χ3n) is 4.65. The van der Waals surface area contributed by atoms with E-state index in [-0.39, 0.29) is 5.75 Å². The summed E-state index contributed by atoms with van der Waals surface area (Å²) >= 11 is 0. The van der Waals surface area contributed by atoms with Crippen molar-refractivity contribution >= 4 is 23.2 Å². The topological polar surface area (TPSA) is 87.3 Å². The summed E-state index contributed by atoms with van der Waals surface area (Å²) in [6.07, 6.45) is 5.76. The normalized spacial score (nSPS) is 17.3. The van der Waals surface area contributed by atoms with Gasteiger partial charge in [0, 0.05) is 26.2 Å². The lowest BCUT2D eigenvalue weighted by molar-refractivity contribution is 0.478. The maximum absolute atomic E-state index is 9.60. The van der Waals surface area contributed by atoms with Gasteiger partial charge < -0.3 is 21.1 Å². The Morgan fingerprint density at radius 1 is 1.17 bits per heavy atom. The van der Waals surface area contributed by atoms with Crippen molar-refractivity contribution in [3.05, 3.63) is 41.3 Å². The number of hydrogen-bond acceptors (Lipinski definition) is 6. The highest BCUT2D eigenvalue weighted by Gasteiger charge is 2.18. The number of piperazine rings is 1. The average molecular weight is 323 g/mol. The molecule has 124 valence electrons. The molecule has 1 saturated heterocycles. The Morgan fingerprint density at radius 2 is 2.00 bits per heavy atom. The Morgan fingerprint density at radius 3 is 2.79 bits per heavy atom. The van der Waals surface area contributed by atoms with Gasteiger partial charge in [-0.1, -0.05) is 6.07 Å². The van der Waals surface area contributed by atoms with Gasteiger partial charge >= 0.3 is 0 Å². The van der Waals surface area contributed by atoms with Gasteiger partial charge in [0.1, 0.15) is 11.6 Å². The highest BCUT2D eigenvalue weighted by Crippen LogP contribution is 2.32. The Labute approximate surface area is 141 Å². The van der Waals surface area contributed by atoms with Gasteiger partial charge in [-0.15, -0.1) is 0 Å². The first-order valence-electron chi connectivity index (χ1n) is 8.32. The zero-order chi connectivity index (χ0) is 16.5. The molecule has 1 fully saturated rings. The molecule has 0 unspecified atom stereocenters. The lowest BCUT2D eigenvalue weighted by Crippen LogP contribution is -2.44. The van der Waals surface area contributed by atoms with Crippen molar-refractivity contribution in [2.75, 3.05) is 36.8 Å². The van der Waals surface area contributed by atoms with Gasteiger partial charge in [0.05, 0.1) is 23.3 Å². The quantitative estimate of drug-likeness (QED) is 0.575. The number of anilines is 2. The number of rotatable bonds is 2. The van der Waals surface area contributed by atoms with Crippen molar-refractivity contribution in [3.63, 3.8) is 0 Å². The molecule has 2 heterocycles. The Kier molecular flexibility index (Phi) is 3.82. The number of aromatic nitrogens is 2. The van der Waals surface area contributed by atoms with Gasteiger partial charge in [0.15, 0.2) is 0 Å². The van der Waals surface area contributed by atoms with E-state index in [0.29, 0.717) is 5.69 Å². The third-order valence-corrected chi connectivity index (χ3v) is 4.65. The van der Waals surface area contributed by atoms with E-state index in [1.807, 2.05) is 18.3 Å². The van der Waals surface area contributed by atoms with Crippen LogP contribution in [0.15, 0.2) is 24.4 Å². The number of phenols is 1. The summed E-state index contributed by atoms with van der Waals surface area (Å²) < 4.78 is 0. The Hall–Kier alpha value is -2.60. The van der Waals surface area contributed by atoms with Crippen LogP contribution in [-0.2, 0) is 6.42 Å². The van der Waals surface area contributed by atoms with Crippen LogP contribution in [0.4, 0.5) is 11.5 Å². The molecule has 4 rings (SSSR count). The zero-order valence-electron chi connectivity index (χ0n) is 13.5. The van der Waals surface area contributed by atoms with Crippen LogP contribution in [0, 0.1) is 0 Å². The second-order valence-electron chi connectivity index (χ2n) is 6.24. The van der Waals surface area contributed by atoms with E-state index in [0.717, 1.165) is 61.8 Å². The number of phenolic OH excluding ortho intramolecular Hbond substituents is 1. The second-order valence-corrected chi connectivity index (χ2v) is 6.24. The van der Waals surface area contributed by atoms with Crippen LogP contribution in [0.5, 0.6) is 5.75 Å². The van der Waals surface area contributed by atoms with Crippen LogP contribution < -0.4 is 16.0 Å². The van der Waals surface area contributed by atoms with Crippen LogP contribution in [-0.4, -0.2) is 41.3 Å². The van der Waals surface area contributed by atoms with Crippen molar-refractivity contribution in [3.8, 4) is 5.75 Å². The van der Waals surface area contributed by atoms with Crippen molar-refractivity contribution in [2.45, 2.75) is 12.8 Å². The molecule has 1 aromatic heterocycles. The summed E-state index contributed by atoms with van der Waals surface area (Å²) in [5.41, 5.74) is 10.4. The molecule has 6 nitrogen and oxygen atoms in total. The fourth-order valence-electron chi connectivity index (χ4n) is 3.25. The highest BCUT2D eigenvalue weighted by atomic mass is 16.3. The maximum atomic E-state index is 9.60. The van der Waals surface area contributed by atoms with Crippen molar-refractivity contribution in [1.82, 2.24) is 15.3 Å². The van der Waals surface area contributed by atoms with Crippen LogP contribution in [0.1, 0.15) is 23.4 Å². The molecule has 4 N–H and O–H groups in total. The first kappa shape index (κ1) is 15.0. The monoisotopic (exact) mass is 323 g/mol. The molecular weight excluding hydrogens is 302 g/mol. The second kappa shape index (κ2) is 6.13. The summed E-state index contributed by atoms with van der Waals surface area (Å²) in [6, 6.07) is 5.36. The van der Waals surface area contributed by atoms with E-state index in [9.17, 15) is 5.11 Å². The largest absolute Gasteiger partial charge is 0.506 e. The molecule has 0 saturated carbocycles. The zero-order valence-corrected chi connectivity index (χ0v) is 13.5. The van der Waals surface area contributed by atoms with Gasteiger partial charge in [-0.05, 0) is 42.2 Å². The van der Waals surface area contributed by atoms with Crippen LogP contribution >= 0.6 is 0 Å². The molecule has 0 atom stereocenters. The Balaban J connectivity index is 1.67. The number of benzene rings is 1. The smallest absolute Gasteiger partial charge is 0.147 e. The number of nitrogens with one attached hydrogen (secondary N) is 1. The van der Waals surface area contributed by atoms with Crippen molar-refractivity contribution in [1.29, 1.82) is 0 Å². The summed E-state index contributed by atoms with van der Waals surface area (Å²) in [4.78, 5) is 11.7. The number of aryl methyl sites for hydroxylation is 1.